The Hall–Kier alpha value is -3.73. The lowest BCUT2D eigenvalue weighted by Crippen LogP contribution is -2.40. The number of carbonyl (C=O) groups excluding carboxylic acids is 3. The lowest BCUT2D eigenvalue weighted by molar-refractivity contribution is -0.153. The monoisotopic (exact) mass is 429 g/mol. The lowest BCUT2D eigenvalue weighted by atomic mass is 9.80. The Kier molecular flexibility index (Phi) is 8.32. The Morgan fingerprint density at radius 1 is 0.812 bits per heavy atom. The first-order valence-electron chi connectivity index (χ1n) is 10.7. The van der Waals surface area contributed by atoms with E-state index in [2.05, 4.69) is 5.32 Å². The smallest absolute Gasteiger partial charge is 0.319 e. The number of rotatable bonds is 10. The van der Waals surface area contributed by atoms with E-state index in [1.807, 2.05) is 66.7 Å². The third kappa shape index (κ3) is 6.14. The van der Waals surface area contributed by atoms with Gasteiger partial charge < -0.3 is 10.1 Å². The summed E-state index contributed by atoms with van der Waals surface area (Å²) in [6, 6.07) is 27.5. The van der Waals surface area contributed by atoms with Crippen molar-refractivity contribution in [1.82, 2.24) is 5.32 Å². The van der Waals surface area contributed by atoms with Crippen molar-refractivity contribution in [3.05, 3.63) is 108 Å². The van der Waals surface area contributed by atoms with Crippen LogP contribution in [0.25, 0.3) is 0 Å². The van der Waals surface area contributed by atoms with Gasteiger partial charge in [0, 0.05) is 24.4 Å². The van der Waals surface area contributed by atoms with Gasteiger partial charge in [0.2, 0.25) is 5.91 Å². The van der Waals surface area contributed by atoms with Crippen molar-refractivity contribution in [1.29, 1.82) is 0 Å². The Labute approximate surface area is 188 Å². The lowest BCUT2D eigenvalue weighted by Gasteiger charge is -2.25. The van der Waals surface area contributed by atoms with Gasteiger partial charge in [0.05, 0.1) is 6.61 Å². The van der Waals surface area contributed by atoms with E-state index in [0.29, 0.717) is 5.56 Å². The summed E-state index contributed by atoms with van der Waals surface area (Å²) in [6.07, 6.45) is 0.0102. The SMILES string of the molecule is CCOC(=O)C(C(=O)NCc1ccccc1)C(CC(=O)c1ccccc1)c1ccccc1. The van der Waals surface area contributed by atoms with Crippen LogP contribution in [-0.4, -0.2) is 24.3 Å². The molecule has 164 valence electrons. The fourth-order valence-corrected chi connectivity index (χ4v) is 3.65. The van der Waals surface area contributed by atoms with Gasteiger partial charge in [-0.1, -0.05) is 91.0 Å². The van der Waals surface area contributed by atoms with Gasteiger partial charge in [-0.15, -0.1) is 0 Å². The Balaban J connectivity index is 1.90. The van der Waals surface area contributed by atoms with Gasteiger partial charge in [0.1, 0.15) is 5.92 Å². The molecule has 5 heteroatoms. The molecule has 0 aliphatic carbocycles. The van der Waals surface area contributed by atoms with Crippen molar-refractivity contribution in [2.24, 2.45) is 5.92 Å². The molecule has 0 aliphatic rings. The second-order valence-corrected chi connectivity index (χ2v) is 7.44. The maximum Gasteiger partial charge on any atom is 0.319 e. The number of ketones is 1. The summed E-state index contributed by atoms with van der Waals surface area (Å²) in [4.78, 5) is 39.2. The third-order valence-corrected chi connectivity index (χ3v) is 5.26. The summed E-state index contributed by atoms with van der Waals surface area (Å²) >= 11 is 0. The molecule has 5 nitrogen and oxygen atoms in total. The first kappa shape index (κ1) is 22.9. The molecule has 0 aliphatic heterocycles. The average Bonchev–Trinajstić information content (AvgIpc) is 2.84. The molecular formula is C27H27NO4. The van der Waals surface area contributed by atoms with Crippen LogP contribution < -0.4 is 5.32 Å². The molecule has 32 heavy (non-hydrogen) atoms. The van der Waals surface area contributed by atoms with Gasteiger partial charge in [-0.3, -0.25) is 14.4 Å². The molecule has 1 N–H and O–H groups in total. The molecule has 0 fully saturated rings. The first-order chi connectivity index (χ1) is 15.6. The van der Waals surface area contributed by atoms with Crippen LogP contribution in [0.15, 0.2) is 91.0 Å². The normalized spacial score (nSPS) is 12.4. The van der Waals surface area contributed by atoms with E-state index in [-0.39, 0.29) is 25.4 Å². The quantitative estimate of drug-likeness (QED) is 0.292. The summed E-state index contributed by atoms with van der Waals surface area (Å²) in [5.41, 5.74) is 2.20. The topological polar surface area (TPSA) is 72.5 Å². The van der Waals surface area contributed by atoms with Crippen LogP contribution in [-0.2, 0) is 20.9 Å². The molecular weight excluding hydrogens is 402 g/mol. The highest BCUT2D eigenvalue weighted by Crippen LogP contribution is 2.31. The third-order valence-electron chi connectivity index (χ3n) is 5.26. The van der Waals surface area contributed by atoms with Crippen molar-refractivity contribution in [3.8, 4) is 0 Å². The van der Waals surface area contributed by atoms with Crippen molar-refractivity contribution in [3.63, 3.8) is 0 Å². The molecule has 0 spiro atoms. The fraction of sp³-hybridized carbons (Fsp3) is 0.222. The van der Waals surface area contributed by atoms with Crippen molar-refractivity contribution < 1.29 is 19.1 Å². The van der Waals surface area contributed by atoms with E-state index in [1.165, 1.54) is 0 Å². The summed E-state index contributed by atoms with van der Waals surface area (Å²) in [6.45, 7) is 2.13. The summed E-state index contributed by atoms with van der Waals surface area (Å²) in [7, 11) is 0. The Morgan fingerprint density at radius 2 is 1.38 bits per heavy atom. The van der Waals surface area contributed by atoms with Gasteiger partial charge in [0.25, 0.3) is 0 Å². The molecule has 2 atom stereocenters. The van der Waals surface area contributed by atoms with E-state index >= 15 is 0 Å². The molecule has 3 aromatic carbocycles. The number of benzene rings is 3. The largest absolute Gasteiger partial charge is 0.465 e. The van der Waals surface area contributed by atoms with E-state index in [4.69, 9.17) is 4.74 Å². The minimum Gasteiger partial charge on any atom is -0.465 e. The number of hydrogen-bond acceptors (Lipinski definition) is 4. The number of ether oxygens (including phenoxy) is 1. The van der Waals surface area contributed by atoms with Crippen LogP contribution in [0.3, 0.4) is 0 Å². The molecule has 0 aromatic heterocycles. The van der Waals surface area contributed by atoms with Crippen molar-refractivity contribution >= 4 is 17.7 Å². The number of carbonyl (C=O) groups is 3. The van der Waals surface area contributed by atoms with E-state index in [0.717, 1.165) is 11.1 Å². The van der Waals surface area contributed by atoms with Gasteiger partial charge in [-0.05, 0) is 18.1 Å². The van der Waals surface area contributed by atoms with E-state index < -0.39 is 23.7 Å². The predicted molar refractivity (Wildman–Crippen MR) is 123 cm³/mol. The van der Waals surface area contributed by atoms with Gasteiger partial charge in [-0.2, -0.15) is 0 Å². The number of Topliss-reactive ketones (excluding diaryl/α,β-unsaturated/α-hetero) is 1. The number of amides is 1. The van der Waals surface area contributed by atoms with Crippen LogP contribution in [0.4, 0.5) is 0 Å². The van der Waals surface area contributed by atoms with Crippen LogP contribution in [0.5, 0.6) is 0 Å². The molecule has 0 saturated heterocycles. The number of nitrogens with one attached hydrogen (secondary N) is 1. The highest BCUT2D eigenvalue weighted by molar-refractivity contribution is 6.01. The van der Waals surface area contributed by atoms with Gasteiger partial charge in [0.15, 0.2) is 5.78 Å². The zero-order chi connectivity index (χ0) is 22.8. The molecule has 0 saturated carbocycles. The standard InChI is InChI=1S/C27H27NO4/c1-2-32-27(31)25(26(30)28-19-20-12-6-3-7-13-20)23(21-14-8-4-9-15-21)18-24(29)22-16-10-5-11-17-22/h3-17,23,25H,2,18-19H2,1H3,(H,28,30). The van der Waals surface area contributed by atoms with Gasteiger partial charge in [-0.25, -0.2) is 0 Å². The van der Waals surface area contributed by atoms with Crippen molar-refractivity contribution in [2.45, 2.75) is 25.8 Å². The molecule has 0 heterocycles. The number of hydrogen-bond donors (Lipinski definition) is 1. The average molecular weight is 430 g/mol. The van der Waals surface area contributed by atoms with E-state index in [1.54, 1.807) is 31.2 Å². The second kappa shape index (κ2) is 11.6. The minimum absolute atomic E-state index is 0.0102. The van der Waals surface area contributed by atoms with Crippen LogP contribution in [0.1, 0.15) is 40.7 Å². The van der Waals surface area contributed by atoms with Crippen LogP contribution in [0.2, 0.25) is 0 Å². The second-order valence-electron chi connectivity index (χ2n) is 7.44. The zero-order valence-corrected chi connectivity index (χ0v) is 18.1. The predicted octanol–water partition coefficient (Wildman–Crippen LogP) is 4.54. The molecule has 2 unspecified atom stereocenters. The maximum absolute atomic E-state index is 13.2. The first-order valence-corrected chi connectivity index (χ1v) is 10.7. The van der Waals surface area contributed by atoms with Crippen LogP contribution >= 0.6 is 0 Å². The molecule has 3 aromatic rings. The van der Waals surface area contributed by atoms with E-state index in [9.17, 15) is 14.4 Å². The van der Waals surface area contributed by atoms with Gasteiger partial charge >= 0.3 is 5.97 Å². The molecule has 0 bridgehead atoms. The summed E-state index contributed by atoms with van der Waals surface area (Å²) in [5, 5.41) is 2.85. The Morgan fingerprint density at radius 3 is 1.97 bits per heavy atom. The summed E-state index contributed by atoms with van der Waals surface area (Å²) < 4.78 is 5.26. The Bertz CT molecular complexity index is 1020. The van der Waals surface area contributed by atoms with Crippen molar-refractivity contribution in [2.75, 3.05) is 6.61 Å². The highest BCUT2D eigenvalue weighted by Gasteiger charge is 2.38. The maximum atomic E-state index is 13.2. The molecule has 1 amide bonds. The molecule has 0 radical (unpaired) electrons. The number of esters is 1. The molecule has 3 rings (SSSR count). The summed E-state index contributed by atoms with van der Waals surface area (Å²) in [5.74, 6) is -3.02. The fourth-order valence-electron chi connectivity index (χ4n) is 3.65. The zero-order valence-electron chi connectivity index (χ0n) is 18.1. The minimum atomic E-state index is -1.14. The highest BCUT2D eigenvalue weighted by atomic mass is 16.5. The van der Waals surface area contributed by atoms with Crippen LogP contribution in [0, 0.1) is 5.92 Å².